The molecular weight excluding hydrogens is 234 g/mol. The lowest BCUT2D eigenvalue weighted by atomic mass is 10.2. The third kappa shape index (κ3) is 2.48. The van der Waals surface area contributed by atoms with E-state index in [9.17, 15) is 9.90 Å². The molecule has 6 heteroatoms. The number of nitrogens with one attached hydrogen (secondary N) is 1. The summed E-state index contributed by atoms with van der Waals surface area (Å²) in [5.41, 5.74) is 1.54. The predicted molar refractivity (Wildman–Crippen MR) is 65.2 cm³/mol. The van der Waals surface area contributed by atoms with Gasteiger partial charge in [0.15, 0.2) is 0 Å². The molecule has 1 amide bonds. The third-order valence-corrected chi connectivity index (χ3v) is 2.74. The molecular formula is C12H15N3O3. The molecule has 96 valence electrons. The average Bonchev–Trinajstić information content (AvgIpc) is 2.76. The van der Waals surface area contributed by atoms with Crippen molar-refractivity contribution < 1.29 is 14.4 Å². The van der Waals surface area contributed by atoms with Gasteiger partial charge in [0.05, 0.1) is 22.7 Å². The van der Waals surface area contributed by atoms with Crippen molar-refractivity contribution in [3.63, 3.8) is 0 Å². The Morgan fingerprint density at radius 1 is 1.61 bits per heavy atom. The topological polar surface area (TPSA) is 88.2 Å². The molecule has 0 radical (unpaired) electrons. The summed E-state index contributed by atoms with van der Waals surface area (Å²) in [5.74, 6) is -0.266. The Morgan fingerprint density at radius 3 is 3.11 bits per heavy atom. The van der Waals surface area contributed by atoms with Gasteiger partial charge in [0.2, 0.25) is 0 Å². The Kier molecular flexibility index (Phi) is 3.57. The van der Waals surface area contributed by atoms with Gasteiger partial charge in [-0.3, -0.25) is 4.79 Å². The molecule has 0 bridgehead atoms. The number of carbonyl (C=O) groups is 1. The van der Waals surface area contributed by atoms with E-state index < -0.39 is 6.10 Å². The monoisotopic (exact) mass is 249 g/mol. The maximum Gasteiger partial charge on any atom is 0.257 e. The van der Waals surface area contributed by atoms with Crippen LogP contribution in [-0.4, -0.2) is 33.8 Å². The van der Waals surface area contributed by atoms with Crippen molar-refractivity contribution in [1.29, 1.82) is 0 Å². The molecule has 0 spiro atoms. The van der Waals surface area contributed by atoms with Crippen LogP contribution in [0.3, 0.4) is 0 Å². The van der Waals surface area contributed by atoms with E-state index in [4.69, 9.17) is 4.52 Å². The number of hydrogen-bond donors (Lipinski definition) is 2. The molecule has 2 aromatic heterocycles. The van der Waals surface area contributed by atoms with Crippen molar-refractivity contribution >= 4 is 17.0 Å². The average molecular weight is 249 g/mol. The van der Waals surface area contributed by atoms with Gasteiger partial charge in [-0.15, -0.1) is 0 Å². The Hall–Kier alpha value is -1.95. The molecule has 1 unspecified atom stereocenters. The van der Waals surface area contributed by atoms with Gasteiger partial charge in [-0.25, -0.2) is 4.98 Å². The van der Waals surface area contributed by atoms with E-state index in [2.05, 4.69) is 15.5 Å². The van der Waals surface area contributed by atoms with Crippen molar-refractivity contribution in [2.45, 2.75) is 26.4 Å². The molecule has 0 fully saturated rings. The Bertz CT molecular complexity index is 565. The van der Waals surface area contributed by atoms with Crippen LogP contribution in [0, 0.1) is 6.92 Å². The molecule has 2 heterocycles. The van der Waals surface area contributed by atoms with E-state index in [1.165, 1.54) is 6.20 Å². The van der Waals surface area contributed by atoms with Crippen molar-refractivity contribution in [3.05, 3.63) is 23.5 Å². The normalized spacial score (nSPS) is 12.6. The van der Waals surface area contributed by atoms with E-state index >= 15 is 0 Å². The van der Waals surface area contributed by atoms with Gasteiger partial charge in [0, 0.05) is 12.7 Å². The first-order valence-corrected chi connectivity index (χ1v) is 5.80. The van der Waals surface area contributed by atoms with Crippen molar-refractivity contribution in [2.24, 2.45) is 0 Å². The zero-order valence-corrected chi connectivity index (χ0v) is 10.3. The number of amides is 1. The van der Waals surface area contributed by atoms with Gasteiger partial charge in [0.1, 0.15) is 0 Å². The van der Waals surface area contributed by atoms with E-state index in [1.54, 1.807) is 13.0 Å². The number of fused-ring (bicyclic) bond motifs is 1. The largest absolute Gasteiger partial charge is 0.391 e. The fraction of sp³-hybridized carbons (Fsp3) is 0.417. The summed E-state index contributed by atoms with van der Waals surface area (Å²) >= 11 is 0. The smallest absolute Gasteiger partial charge is 0.257 e. The van der Waals surface area contributed by atoms with Gasteiger partial charge >= 0.3 is 0 Å². The standard InChI is InChI=1S/C12H15N3O3/c1-3-9(16)6-13-11(17)8-4-10-7(2)15-18-12(10)14-5-8/h4-5,9,16H,3,6H2,1-2H3,(H,13,17). The minimum absolute atomic E-state index is 0.232. The maximum absolute atomic E-state index is 11.8. The molecule has 0 aliphatic rings. The molecule has 0 aliphatic heterocycles. The van der Waals surface area contributed by atoms with Crippen LogP contribution < -0.4 is 5.32 Å². The summed E-state index contributed by atoms with van der Waals surface area (Å²) in [5, 5.41) is 16.5. The van der Waals surface area contributed by atoms with Gasteiger partial charge < -0.3 is 14.9 Å². The second-order valence-electron chi connectivity index (χ2n) is 4.12. The van der Waals surface area contributed by atoms with E-state index in [1.807, 2.05) is 6.92 Å². The molecule has 6 nitrogen and oxygen atoms in total. The SMILES string of the molecule is CCC(O)CNC(=O)c1cnc2onc(C)c2c1. The highest BCUT2D eigenvalue weighted by Crippen LogP contribution is 2.16. The van der Waals surface area contributed by atoms with Crippen molar-refractivity contribution in [2.75, 3.05) is 6.54 Å². The number of aliphatic hydroxyl groups is 1. The summed E-state index contributed by atoms with van der Waals surface area (Å²) in [6, 6.07) is 1.68. The van der Waals surface area contributed by atoms with Crippen LogP contribution in [0.25, 0.3) is 11.1 Å². The van der Waals surface area contributed by atoms with Crippen LogP contribution in [0.1, 0.15) is 29.4 Å². The van der Waals surface area contributed by atoms with Crippen molar-refractivity contribution in [3.8, 4) is 0 Å². The number of rotatable bonds is 4. The van der Waals surface area contributed by atoms with Gasteiger partial charge in [-0.1, -0.05) is 12.1 Å². The number of aliphatic hydroxyl groups excluding tert-OH is 1. The first-order chi connectivity index (χ1) is 8.61. The fourth-order valence-corrected chi connectivity index (χ4v) is 1.53. The quantitative estimate of drug-likeness (QED) is 0.845. The highest BCUT2D eigenvalue weighted by Gasteiger charge is 2.12. The summed E-state index contributed by atoms with van der Waals surface area (Å²) in [7, 11) is 0. The van der Waals surface area contributed by atoms with E-state index in [0.29, 0.717) is 23.4 Å². The summed E-state index contributed by atoms with van der Waals surface area (Å²) in [6.45, 7) is 3.87. The molecule has 0 aromatic carbocycles. The summed E-state index contributed by atoms with van der Waals surface area (Å²) < 4.78 is 4.97. The lowest BCUT2D eigenvalue weighted by molar-refractivity contribution is 0.0913. The molecule has 2 aromatic rings. The number of nitrogens with zero attached hydrogens (tertiary/aromatic N) is 2. The van der Waals surface area contributed by atoms with Crippen LogP contribution in [0.15, 0.2) is 16.8 Å². The van der Waals surface area contributed by atoms with E-state index in [-0.39, 0.29) is 12.5 Å². The number of hydrogen-bond acceptors (Lipinski definition) is 5. The molecule has 0 saturated heterocycles. The van der Waals surface area contributed by atoms with Gasteiger partial charge in [0.25, 0.3) is 11.6 Å². The highest BCUT2D eigenvalue weighted by molar-refractivity contribution is 5.96. The molecule has 0 saturated carbocycles. The molecule has 2 N–H and O–H groups in total. The maximum atomic E-state index is 11.8. The Labute approximate surface area is 104 Å². The third-order valence-electron chi connectivity index (χ3n) is 2.74. The van der Waals surface area contributed by atoms with Crippen LogP contribution in [0.5, 0.6) is 0 Å². The fourth-order valence-electron chi connectivity index (χ4n) is 1.53. The Morgan fingerprint density at radius 2 is 2.39 bits per heavy atom. The zero-order valence-electron chi connectivity index (χ0n) is 10.3. The lowest BCUT2D eigenvalue weighted by Gasteiger charge is -2.09. The van der Waals surface area contributed by atoms with Crippen LogP contribution >= 0.6 is 0 Å². The van der Waals surface area contributed by atoms with E-state index in [0.717, 1.165) is 5.39 Å². The van der Waals surface area contributed by atoms with Crippen LogP contribution in [0.2, 0.25) is 0 Å². The zero-order chi connectivity index (χ0) is 13.1. The lowest BCUT2D eigenvalue weighted by Crippen LogP contribution is -2.31. The van der Waals surface area contributed by atoms with Crippen molar-refractivity contribution in [1.82, 2.24) is 15.5 Å². The second kappa shape index (κ2) is 5.14. The number of carbonyl (C=O) groups excluding carboxylic acids is 1. The van der Waals surface area contributed by atoms with Gasteiger partial charge in [-0.2, -0.15) is 0 Å². The highest BCUT2D eigenvalue weighted by atomic mass is 16.5. The minimum Gasteiger partial charge on any atom is -0.391 e. The van der Waals surface area contributed by atoms with Crippen LogP contribution in [-0.2, 0) is 0 Å². The number of aryl methyl sites for hydroxylation is 1. The predicted octanol–water partition coefficient (Wildman–Crippen LogP) is 1.03. The summed E-state index contributed by atoms with van der Waals surface area (Å²) in [6.07, 6.45) is 1.51. The second-order valence-corrected chi connectivity index (χ2v) is 4.12. The summed E-state index contributed by atoms with van der Waals surface area (Å²) in [4.78, 5) is 15.8. The van der Waals surface area contributed by atoms with Crippen LogP contribution in [0.4, 0.5) is 0 Å². The molecule has 1 atom stereocenters. The first kappa shape index (κ1) is 12.5. The number of pyridine rings is 1. The molecule has 0 aliphatic carbocycles. The molecule has 18 heavy (non-hydrogen) atoms. The van der Waals surface area contributed by atoms with Gasteiger partial charge in [-0.05, 0) is 19.4 Å². The Balaban J connectivity index is 2.15. The number of aromatic nitrogens is 2. The molecule has 2 rings (SSSR count). The minimum atomic E-state index is -0.525. The first-order valence-electron chi connectivity index (χ1n) is 5.80.